The van der Waals surface area contributed by atoms with Crippen molar-refractivity contribution in [3.63, 3.8) is 0 Å². The summed E-state index contributed by atoms with van der Waals surface area (Å²) >= 11 is 0. The highest BCUT2D eigenvalue weighted by Gasteiger charge is 2.24. The van der Waals surface area contributed by atoms with Crippen LogP contribution in [0.15, 0.2) is 24.3 Å². The van der Waals surface area contributed by atoms with Gasteiger partial charge in [0, 0.05) is 18.3 Å². The molecule has 3 amide bonds. The van der Waals surface area contributed by atoms with E-state index in [1.807, 2.05) is 0 Å². The molecular weight excluding hydrogens is 338 g/mol. The number of para-hydroxylation sites is 1. The monoisotopic (exact) mass is 363 g/mol. The van der Waals surface area contributed by atoms with E-state index in [9.17, 15) is 14.4 Å². The van der Waals surface area contributed by atoms with Crippen LogP contribution in [-0.2, 0) is 9.53 Å². The minimum Gasteiger partial charge on any atom is -0.449 e. The zero-order chi connectivity index (χ0) is 18.9. The largest absolute Gasteiger partial charge is 0.449 e. The van der Waals surface area contributed by atoms with Crippen LogP contribution in [0.1, 0.15) is 43.0 Å². The van der Waals surface area contributed by atoms with Gasteiger partial charge in [-0.15, -0.1) is 0 Å². The molecule has 8 nitrogen and oxygen atoms in total. The normalized spacial score (nSPS) is 15.2. The van der Waals surface area contributed by atoms with Crippen molar-refractivity contribution < 1.29 is 24.2 Å². The van der Waals surface area contributed by atoms with E-state index in [1.165, 1.54) is 6.92 Å². The summed E-state index contributed by atoms with van der Waals surface area (Å²) in [7, 11) is 0. The van der Waals surface area contributed by atoms with Gasteiger partial charge < -0.3 is 20.5 Å². The first-order valence-corrected chi connectivity index (χ1v) is 8.77. The molecule has 0 aliphatic heterocycles. The molecule has 142 valence electrons. The smallest absolute Gasteiger partial charge is 0.341 e. The molecule has 0 bridgehead atoms. The topological polar surface area (TPSA) is 117 Å². The summed E-state index contributed by atoms with van der Waals surface area (Å²) in [4.78, 5) is 36.2. The van der Waals surface area contributed by atoms with Gasteiger partial charge in [0.25, 0.3) is 5.91 Å². The molecule has 0 heterocycles. The molecule has 1 aliphatic rings. The summed E-state index contributed by atoms with van der Waals surface area (Å²) in [5.74, 6) is -1.38. The highest BCUT2D eigenvalue weighted by atomic mass is 16.5. The maximum atomic E-state index is 12.3. The first-order chi connectivity index (χ1) is 12.5. The Morgan fingerprint density at radius 2 is 1.92 bits per heavy atom. The van der Waals surface area contributed by atoms with E-state index >= 15 is 0 Å². The zero-order valence-electron chi connectivity index (χ0n) is 14.8. The number of benzene rings is 1. The van der Waals surface area contributed by atoms with Crippen LogP contribution in [0.25, 0.3) is 0 Å². The van der Waals surface area contributed by atoms with Crippen LogP contribution in [0.4, 0.5) is 10.5 Å². The van der Waals surface area contributed by atoms with E-state index in [0.29, 0.717) is 5.69 Å². The highest BCUT2D eigenvalue weighted by Crippen LogP contribution is 2.18. The van der Waals surface area contributed by atoms with Crippen molar-refractivity contribution in [3.05, 3.63) is 29.8 Å². The number of carbonyl (C=O) groups is 3. The van der Waals surface area contributed by atoms with Gasteiger partial charge in [0.05, 0.1) is 12.2 Å². The second-order valence-electron chi connectivity index (χ2n) is 6.19. The van der Waals surface area contributed by atoms with Crippen LogP contribution in [0.2, 0.25) is 0 Å². The van der Waals surface area contributed by atoms with Gasteiger partial charge in [0.2, 0.25) is 0 Å². The summed E-state index contributed by atoms with van der Waals surface area (Å²) < 4.78 is 5.16. The number of rotatable bonds is 7. The van der Waals surface area contributed by atoms with Crippen molar-refractivity contribution in [3.8, 4) is 0 Å². The molecule has 0 radical (unpaired) electrons. The Labute approximate surface area is 152 Å². The molecule has 0 aromatic heterocycles. The summed E-state index contributed by atoms with van der Waals surface area (Å²) in [6.45, 7) is 1.60. The molecule has 26 heavy (non-hydrogen) atoms. The SMILES string of the molecule is C[C@H](OC(=O)c1ccccc1NCCO)C(=O)NC(=O)NC1CCCC1. The lowest BCUT2D eigenvalue weighted by Gasteiger charge is -2.16. The third-order valence-corrected chi connectivity index (χ3v) is 4.15. The summed E-state index contributed by atoms with van der Waals surface area (Å²) in [5.41, 5.74) is 0.745. The molecule has 1 aliphatic carbocycles. The molecule has 1 fully saturated rings. The van der Waals surface area contributed by atoms with Crippen molar-refractivity contribution in [2.45, 2.75) is 44.8 Å². The van der Waals surface area contributed by atoms with Crippen molar-refractivity contribution >= 4 is 23.6 Å². The molecule has 0 spiro atoms. The Morgan fingerprint density at radius 1 is 1.23 bits per heavy atom. The number of esters is 1. The van der Waals surface area contributed by atoms with Gasteiger partial charge in [-0.25, -0.2) is 9.59 Å². The number of aliphatic hydroxyl groups is 1. The molecule has 4 N–H and O–H groups in total. The Morgan fingerprint density at radius 3 is 2.62 bits per heavy atom. The van der Waals surface area contributed by atoms with Crippen LogP contribution < -0.4 is 16.0 Å². The number of hydrogen-bond acceptors (Lipinski definition) is 6. The third kappa shape index (κ3) is 5.73. The second-order valence-corrected chi connectivity index (χ2v) is 6.19. The number of hydrogen-bond donors (Lipinski definition) is 4. The zero-order valence-corrected chi connectivity index (χ0v) is 14.8. The number of anilines is 1. The van der Waals surface area contributed by atoms with Crippen molar-refractivity contribution in [1.82, 2.24) is 10.6 Å². The third-order valence-electron chi connectivity index (χ3n) is 4.15. The van der Waals surface area contributed by atoms with Crippen LogP contribution in [0.5, 0.6) is 0 Å². The number of carbonyl (C=O) groups excluding carboxylic acids is 3. The summed E-state index contributed by atoms with van der Waals surface area (Å²) in [6.07, 6.45) is 2.82. The lowest BCUT2D eigenvalue weighted by Crippen LogP contribution is -2.47. The highest BCUT2D eigenvalue weighted by molar-refractivity contribution is 6.00. The fraction of sp³-hybridized carbons (Fsp3) is 0.500. The number of imide groups is 1. The number of urea groups is 1. The van der Waals surface area contributed by atoms with Gasteiger partial charge in [-0.05, 0) is 31.9 Å². The van der Waals surface area contributed by atoms with E-state index in [4.69, 9.17) is 9.84 Å². The van der Waals surface area contributed by atoms with Crippen LogP contribution in [-0.4, -0.2) is 48.3 Å². The van der Waals surface area contributed by atoms with E-state index in [-0.39, 0.29) is 24.8 Å². The molecule has 1 aromatic rings. The second kappa shape index (κ2) is 9.76. The lowest BCUT2D eigenvalue weighted by atomic mass is 10.1. The molecule has 8 heteroatoms. The molecule has 1 aromatic carbocycles. The van der Waals surface area contributed by atoms with Crippen LogP contribution in [0, 0.1) is 0 Å². The van der Waals surface area contributed by atoms with Gasteiger partial charge >= 0.3 is 12.0 Å². The quantitative estimate of drug-likeness (QED) is 0.544. The molecule has 2 rings (SSSR count). The van der Waals surface area contributed by atoms with Gasteiger partial charge in [0.1, 0.15) is 0 Å². The standard InChI is InChI=1S/C18H25N3O5/c1-12(16(23)21-18(25)20-13-6-2-3-7-13)26-17(24)14-8-4-5-9-15(14)19-10-11-22/h4-5,8-9,12-13,19,22H,2-3,6-7,10-11H2,1H3,(H2,20,21,23,25)/t12-/m0/s1. The van der Waals surface area contributed by atoms with E-state index in [0.717, 1.165) is 25.7 Å². The van der Waals surface area contributed by atoms with Gasteiger partial charge in [-0.1, -0.05) is 25.0 Å². The first kappa shape index (κ1) is 19.7. The van der Waals surface area contributed by atoms with Crippen molar-refractivity contribution in [2.75, 3.05) is 18.5 Å². The molecular formula is C18H25N3O5. The van der Waals surface area contributed by atoms with Crippen molar-refractivity contribution in [2.24, 2.45) is 0 Å². The van der Waals surface area contributed by atoms with Gasteiger partial charge in [-0.2, -0.15) is 0 Å². The Hall–Kier alpha value is -2.61. The van der Waals surface area contributed by atoms with Gasteiger partial charge in [0.15, 0.2) is 6.10 Å². The average molecular weight is 363 g/mol. The van der Waals surface area contributed by atoms with Crippen LogP contribution in [0.3, 0.4) is 0 Å². The minimum atomic E-state index is -1.12. The molecule has 0 unspecified atom stereocenters. The Kier molecular flexibility index (Phi) is 7.40. The van der Waals surface area contributed by atoms with Gasteiger partial charge in [-0.3, -0.25) is 10.1 Å². The first-order valence-electron chi connectivity index (χ1n) is 8.77. The molecule has 1 saturated carbocycles. The minimum absolute atomic E-state index is 0.0850. The average Bonchev–Trinajstić information content (AvgIpc) is 3.12. The molecule has 0 saturated heterocycles. The lowest BCUT2D eigenvalue weighted by molar-refractivity contribution is -0.127. The number of aliphatic hydroxyl groups excluding tert-OH is 1. The fourth-order valence-corrected chi connectivity index (χ4v) is 2.79. The van der Waals surface area contributed by atoms with E-state index in [1.54, 1.807) is 24.3 Å². The van der Waals surface area contributed by atoms with E-state index < -0.39 is 24.0 Å². The maximum absolute atomic E-state index is 12.3. The Balaban J connectivity index is 1.87. The predicted octanol–water partition coefficient (Wildman–Crippen LogP) is 1.40. The molecule has 1 atom stereocenters. The van der Waals surface area contributed by atoms with Crippen LogP contribution >= 0.6 is 0 Å². The maximum Gasteiger partial charge on any atom is 0.341 e. The summed E-state index contributed by atoms with van der Waals surface area (Å²) in [6, 6.07) is 6.14. The van der Waals surface area contributed by atoms with E-state index in [2.05, 4.69) is 16.0 Å². The number of ether oxygens (including phenoxy) is 1. The number of nitrogens with one attached hydrogen (secondary N) is 3. The number of amides is 3. The fourth-order valence-electron chi connectivity index (χ4n) is 2.79. The summed E-state index contributed by atoms with van der Waals surface area (Å²) in [5, 5.41) is 16.7. The Bertz CT molecular complexity index is 643. The predicted molar refractivity (Wildman–Crippen MR) is 95.8 cm³/mol. The van der Waals surface area contributed by atoms with Crippen molar-refractivity contribution in [1.29, 1.82) is 0 Å².